The van der Waals surface area contributed by atoms with Crippen LogP contribution in [0.5, 0.6) is 0 Å². The number of anilines is 2. The first-order valence-electron chi connectivity index (χ1n) is 11.4. The van der Waals surface area contributed by atoms with Crippen molar-refractivity contribution in [1.29, 1.82) is 0 Å². The van der Waals surface area contributed by atoms with Crippen molar-refractivity contribution in [2.45, 2.75) is 0 Å². The lowest BCUT2D eigenvalue weighted by molar-refractivity contribution is 0.262. The summed E-state index contributed by atoms with van der Waals surface area (Å²) in [6.07, 6.45) is 0. The van der Waals surface area contributed by atoms with Crippen LogP contribution in [0.15, 0.2) is 107 Å². The third kappa shape index (κ3) is 4.66. The van der Waals surface area contributed by atoms with Gasteiger partial charge in [0.05, 0.1) is 33.4 Å². The van der Waals surface area contributed by atoms with E-state index in [1.807, 2.05) is 72.8 Å². The van der Waals surface area contributed by atoms with Gasteiger partial charge in [-0.15, -0.1) is 0 Å². The van der Waals surface area contributed by atoms with Crippen LogP contribution in [0.25, 0.3) is 22.1 Å². The number of aromatic nitrogens is 4. The van der Waals surface area contributed by atoms with Crippen molar-refractivity contribution >= 4 is 50.8 Å². The Morgan fingerprint density at radius 1 is 0.500 bits per heavy atom. The molecule has 2 aromatic heterocycles. The van der Waals surface area contributed by atoms with Gasteiger partial charge in [-0.1, -0.05) is 24.3 Å². The maximum absolute atomic E-state index is 12.4. The summed E-state index contributed by atoms with van der Waals surface area (Å²) in [4.78, 5) is 34.5. The second-order valence-electron chi connectivity index (χ2n) is 8.18. The molecule has 9 nitrogen and oxygen atoms in total. The van der Waals surface area contributed by atoms with Crippen molar-refractivity contribution in [1.82, 2.24) is 19.9 Å². The Labute approximate surface area is 204 Å². The van der Waals surface area contributed by atoms with Gasteiger partial charge in [-0.05, 0) is 72.8 Å². The number of nitrogens with zero attached hydrogens (tertiary/aromatic N) is 2. The van der Waals surface area contributed by atoms with Crippen LogP contribution >= 0.6 is 0 Å². The van der Waals surface area contributed by atoms with E-state index in [1.165, 1.54) is 0 Å². The molecule has 0 aliphatic heterocycles. The largest absolute Gasteiger partial charge is 0.324 e. The minimum absolute atomic E-state index is 0.336. The molecule has 36 heavy (non-hydrogen) atoms. The topological polar surface area (TPSA) is 129 Å². The number of urea groups is 1. The molecule has 0 saturated heterocycles. The standard InChI is InChI=1S/C27H22N8O/c36-27(30-19-13-9-17(10-14-19)28-25-32-21-5-1-2-6-22(21)33-25)31-20-15-11-18(12-16-20)29-26-34-23-7-3-4-8-24(23)35-26/h1-16H,(H2,28,32,33)(H2,29,34,35)(H2,30,31,36). The zero-order valence-corrected chi connectivity index (χ0v) is 19.0. The molecule has 6 rings (SSSR count). The van der Waals surface area contributed by atoms with Crippen molar-refractivity contribution in [2.24, 2.45) is 9.98 Å². The molecular formula is C27H22N8O. The highest BCUT2D eigenvalue weighted by Gasteiger charge is 2.04. The Morgan fingerprint density at radius 2 is 0.833 bits per heavy atom. The number of aromatic amines is 4. The summed E-state index contributed by atoms with van der Waals surface area (Å²) in [5.74, 6) is 0. The van der Waals surface area contributed by atoms with Gasteiger partial charge in [-0.3, -0.25) is 0 Å². The lowest BCUT2D eigenvalue weighted by Gasteiger charge is -2.08. The average molecular weight is 475 g/mol. The van der Waals surface area contributed by atoms with E-state index in [4.69, 9.17) is 0 Å². The van der Waals surface area contributed by atoms with Crippen LogP contribution in [-0.2, 0) is 0 Å². The van der Waals surface area contributed by atoms with Gasteiger partial charge in [0.2, 0.25) is 11.2 Å². The number of carbonyl (C=O) groups excluding carboxylic acids is 1. The molecule has 0 atom stereocenters. The van der Waals surface area contributed by atoms with Gasteiger partial charge in [0.1, 0.15) is 0 Å². The Kier molecular flexibility index (Phi) is 5.40. The van der Waals surface area contributed by atoms with E-state index < -0.39 is 0 Å². The minimum atomic E-state index is -0.336. The average Bonchev–Trinajstić information content (AvgIpc) is 3.49. The SMILES string of the molecule is O=C(Nc1ccc(N=c2[nH]c3ccccc3[nH]2)cc1)Nc1ccc(N=c2[nH]c3ccccc3[nH]2)cc1. The monoisotopic (exact) mass is 474 g/mol. The van der Waals surface area contributed by atoms with Crippen LogP contribution in [0.4, 0.5) is 27.5 Å². The van der Waals surface area contributed by atoms with Crippen LogP contribution in [0.1, 0.15) is 0 Å². The molecule has 0 fully saturated rings. The van der Waals surface area contributed by atoms with Crippen molar-refractivity contribution in [3.63, 3.8) is 0 Å². The van der Waals surface area contributed by atoms with Crippen molar-refractivity contribution < 1.29 is 4.79 Å². The van der Waals surface area contributed by atoms with E-state index >= 15 is 0 Å². The van der Waals surface area contributed by atoms with Crippen LogP contribution in [0, 0.1) is 0 Å². The maximum Gasteiger partial charge on any atom is 0.323 e. The Hall–Kier alpha value is -5.31. The highest BCUT2D eigenvalue weighted by atomic mass is 16.2. The smallest absolute Gasteiger partial charge is 0.323 e. The molecule has 2 heterocycles. The number of hydrogen-bond donors (Lipinski definition) is 6. The van der Waals surface area contributed by atoms with Gasteiger partial charge in [0.15, 0.2) is 0 Å². The van der Waals surface area contributed by atoms with E-state index in [-0.39, 0.29) is 6.03 Å². The Balaban J connectivity index is 1.09. The third-order valence-electron chi connectivity index (χ3n) is 5.60. The fourth-order valence-corrected chi connectivity index (χ4v) is 3.88. The molecule has 2 amide bonds. The Morgan fingerprint density at radius 3 is 1.17 bits per heavy atom. The summed E-state index contributed by atoms with van der Waals surface area (Å²) < 4.78 is 0. The zero-order valence-electron chi connectivity index (χ0n) is 19.0. The summed E-state index contributed by atoms with van der Waals surface area (Å²) in [6.45, 7) is 0. The zero-order chi connectivity index (χ0) is 24.3. The number of imidazole rings is 2. The fourth-order valence-electron chi connectivity index (χ4n) is 3.88. The first kappa shape index (κ1) is 21.2. The summed E-state index contributed by atoms with van der Waals surface area (Å²) in [5.41, 5.74) is 8.12. The first-order chi connectivity index (χ1) is 17.7. The number of fused-ring (bicyclic) bond motifs is 2. The van der Waals surface area contributed by atoms with Gasteiger partial charge in [0.25, 0.3) is 0 Å². The summed E-state index contributed by atoms with van der Waals surface area (Å²) in [7, 11) is 0. The summed E-state index contributed by atoms with van der Waals surface area (Å²) in [5, 5.41) is 5.66. The number of carbonyl (C=O) groups is 1. The number of benzene rings is 4. The fraction of sp³-hybridized carbons (Fsp3) is 0. The highest BCUT2D eigenvalue weighted by molar-refractivity contribution is 5.99. The summed E-state index contributed by atoms with van der Waals surface area (Å²) >= 11 is 0. The number of nitrogens with one attached hydrogen (secondary N) is 6. The molecule has 176 valence electrons. The van der Waals surface area contributed by atoms with Gasteiger partial charge >= 0.3 is 6.03 Å². The van der Waals surface area contributed by atoms with Crippen LogP contribution in [-0.4, -0.2) is 26.0 Å². The molecule has 6 N–H and O–H groups in total. The van der Waals surface area contributed by atoms with Crippen LogP contribution in [0.3, 0.4) is 0 Å². The van der Waals surface area contributed by atoms with Gasteiger partial charge in [-0.2, -0.15) is 0 Å². The molecule has 0 bridgehead atoms. The molecule has 0 spiro atoms. The molecule has 4 aromatic carbocycles. The third-order valence-corrected chi connectivity index (χ3v) is 5.60. The number of H-pyrrole nitrogens is 4. The van der Waals surface area contributed by atoms with E-state index in [0.717, 1.165) is 33.4 Å². The predicted molar refractivity (Wildman–Crippen MR) is 141 cm³/mol. The molecule has 9 heteroatoms. The lowest BCUT2D eigenvalue weighted by Crippen LogP contribution is -2.19. The van der Waals surface area contributed by atoms with E-state index in [2.05, 4.69) is 40.6 Å². The number of amides is 2. The molecule has 0 aliphatic carbocycles. The number of hydrogen-bond acceptors (Lipinski definition) is 3. The first-order valence-corrected chi connectivity index (χ1v) is 11.4. The molecule has 0 unspecified atom stereocenters. The molecule has 0 saturated carbocycles. The van der Waals surface area contributed by atoms with Crippen molar-refractivity contribution in [2.75, 3.05) is 10.6 Å². The summed E-state index contributed by atoms with van der Waals surface area (Å²) in [6, 6.07) is 30.1. The molecule has 0 aliphatic rings. The van der Waals surface area contributed by atoms with E-state index in [9.17, 15) is 4.79 Å². The van der Waals surface area contributed by atoms with Crippen LogP contribution < -0.4 is 21.9 Å². The van der Waals surface area contributed by atoms with Gasteiger partial charge < -0.3 is 30.6 Å². The van der Waals surface area contributed by atoms with Crippen molar-refractivity contribution in [3.8, 4) is 0 Å². The minimum Gasteiger partial charge on any atom is -0.324 e. The molecule has 6 aromatic rings. The quantitative estimate of drug-likeness (QED) is 0.200. The second kappa shape index (κ2) is 9.15. The van der Waals surface area contributed by atoms with Gasteiger partial charge in [-0.25, -0.2) is 14.8 Å². The lowest BCUT2D eigenvalue weighted by atomic mass is 10.3. The van der Waals surface area contributed by atoms with Crippen molar-refractivity contribution in [3.05, 3.63) is 108 Å². The molecular weight excluding hydrogens is 452 g/mol. The Bertz CT molecular complexity index is 1600. The number of rotatable bonds is 4. The van der Waals surface area contributed by atoms with Crippen LogP contribution in [0.2, 0.25) is 0 Å². The molecule has 0 radical (unpaired) electrons. The van der Waals surface area contributed by atoms with E-state index in [1.54, 1.807) is 24.3 Å². The highest BCUT2D eigenvalue weighted by Crippen LogP contribution is 2.18. The predicted octanol–water partition coefficient (Wildman–Crippen LogP) is 5.41. The normalized spacial score (nSPS) is 10.9. The number of para-hydroxylation sites is 4. The second-order valence-corrected chi connectivity index (χ2v) is 8.18. The van der Waals surface area contributed by atoms with Gasteiger partial charge in [0, 0.05) is 11.4 Å². The van der Waals surface area contributed by atoms with E-state index in [0.29, 0.717) is 22.6 Å². The maximum atomic E-state index is 12.4.